The lowest BCUT2D eigenvalue weighted by atomic mass is 10.1. The van der Waals surface area contributed by atoms with Crippen LogP contribution in [-0.2, 0) is 19.6 Å². The molecule has 2 saturated heterocycles. The number of benzene rings is 2. The number of carbonyl (C=O) groups is 2. The first-order valence-electron chi connectivity index (χ1n) is 12.3. The highest BCUT2D eigenvalue weighted by Crippen LogP contribution is 2.30. The van der Waals surface area contributed by atoms with Gasteiger partial charge in [0, 0.05) is 26.2 Å². The number of nitrogens with zero attached hydrogens (tertiary/aromatic N) is 2. The molecule has 8 nitrogen and oxygen atoms in total. The van der Waals surface area contributed by atoms with Crippen LogP contribution in [0.15, 0.2) is 53.4 Å². The Bertz CT molecular complexity index is 1140. The van der Waals surface area contributed by atoms with Gasteiger partial charge in [0.05, 0.1) is 22.2 Å². The van der Waals surface area contributed by atoms with Crippen LogP contribution in [0.4, 0.5) is 5.69 Å². The average molecular weight is 500 g/mol. The van der Waals surface area contributed by atoms with Crippen molar-refractivity contribution in [3.8, 4) is 0 Å². The van der Waals surface area contributed by atoms with Crippen LogP contribution < -0.4 is 10.2 Å². The van der Waals surface area contributed by atoms with Gasteiger partial charge >= 0.3 is 5.97 Å². The fraction of sp³-hybridized carbons (Fsp3) is 0.462. The van der Waals surface area contributed by atoms with Gasteiger partial charge in [-0.3, -0.25) is 4.79 Å². The summed E-state index contributed by atoms with van der Waals surface area (Å²) in [6, 6.07) is 13.9. The maximum Gasteiger partial charge on any atom is 0.340 e. The van der Waals surface area contributed by atoms with Gasteiger partial charge < -0.3 is 15.0 Å². The van der Waals surface area contributed by atoms with Gasteiger partial charge in [0.2, 0.25) is 10.0 Å². The fourth-order valence-electron chi connectivity index (χ4n) is 4.64. The maximum absolute atomic E-state index is 13.2. The highest BCUT2D eigenvalue weighted by atomic mass is 32.2. The first-order chi connectivity index (χ1) is 16.9. The van der Waals surface area contributed by atoms with E-state index in [1.54, 1.807) is 12.1 Å². The second kappa shape index (κ2) is 11.2. The highest BCUT2D eigenvalue weighted by molar-refractivity contribution is 7.89. The smallest absolute Gasteiger partial charge is 0.340 e. The van der Waals surface area contributed by atoms with E-state index in [9.17, 15) is 18.0 Å². The number of piperidine rings is 1. The van der Waals surface area contributed by atoms with Crippen molar-refractivity contribution in [2.45, 2.75) is 50.0 Å². The van der Waals surface area contributed by atoms with Crippen LogP contribution >= 0.6 is 0 Å². The minimum atomic E-state index is -3.71. The lowest BCUT2D eigenvalue weighted by Gasteiger charge is -2.27. The van der Waals surface area contributed by atoms with Crippen molar-refractivity contribution in [3.05, 3.63) is 59.7 Å². The average Bonchev–Trinajstić information content (AvgIpc) is 3.43. The summed E-state index contributed by atoms with van der Waals surface area (Å²) < 4.78 is 33.3. The van der Waals surface area contributed by atoms with E-state index in [0.29, 0.717) is 18.8 Å². The Morgan fingerprint density at radius 1 is 0.943 bits per heavy atom. The van der Waals surface area contributed by atoms with Crippen LogP contribution in [-0.4, -0.2) is 57.4 Å². The molecule has 1 unspecified atom stereocenters. The number of anilines is 1. The Morgan fingerprint density at radius 3 is 2.29 bits per heavy atom. The molecule has 1 N–H and O–H groups in total. The number of esters is 1. The van der Waals surface area contributed by atoms with E-state index in [1.165, 1.54) is 10.4 Å². The molecular formula is C26H33N3O5S. The Balaban J connectivity index is 1.50. The van der Waals surface area contributed by atoms with E-state index in [4.69, 9.17) is 4.74 Å². The molecule has 9 heteroatoms. The lowest BCUT2D eigenvalue weighted by molar-refractivity contribution is -0.124. The van der Waals surface area contributed by atoms with Crippen molar-refractivity contribution in [2.24, 2.45) is 0 Å². The van der Waals surface area contributed by atoms with E-state index in [-0.39, 0.29) is 16.5 Å². The Kier molecular flexibility index (Phi) is 8.07. The van der Waals surface area contributed by atoms with Crippen molar-refractivity contribution in [3.63, 3.8) is 0 Å². The van der Waals surface area contributed by atoms with Gasteiger partial charge in [-0.1, -0.05) is 36.8 Å². The summed E-state index contributed by atoms with van der Waals surface area (Å²) in [6.45, 7) is 3.95. The predicted molar refractivity (Wildman–Crippen MR) is 134 cm³/mol. The molecule has 4 rings (SSSR count). The fourth-order valence-corrected chi connectivity index (χ4v) is 6.19. The third kappa shape index (κ3) is 6.02. The van der Waals surface area contributed by atoms with Crippen molar-refractivity contribution >= 4 is 27.6 Å². The van der Waals surface area contributed by atoms with Crippen molar-refractivity contribution in [1.29, 1.82) is 0 Å². The topological polar surface area (TPSA) is 96.0 Å². The highest BCUT2D eigenvalue weighted by Gasteiger charge is 2.29. The number of hydrogen-bond acceptors (Lipinski definition) is 6. The second-order valence-corrected chi connectivity index (χ2v) is 11.1. The number of nitrogens with one attached hydrogen (secondary N) is 1. The summed E-state index contributed by atoms with van der Waals surface area (Å²) in [7, 11) is -3.71. The zero-order chi connectivity index (χ0) is 24.8. The predicted octanol–water partition coefficient (Wildman–Crippen LogP) is 3.50. The van der Waals surface area contributed by atoms with Gasteiger partial charge in [0.15, 0.2) is 6.61 Å². The number of sulfonamides is 1. The first-order valence-corrected chi connectivity index (χ1v) is 13.7. The summed E-state index contributed by atoms with van der Waals surface area (Å²) in [4.78, 5) is 27.7. The third-order valence-electron chi connectivity index (χ3n) is 6.60. The molecule has 1 atom stereocenters. The lowest BCUT2D eigenvalue weighted by Crippen LogP contribution is -2.35. The van der Waals surface area contributed by atoms with E-state index in [0.717, 1.165) is 50.8 Å². The molecule has 2 heterocycles. The molecule has 2 aliphatic rings. The van der Waals surface area contributed by atoms with Crippen LogP contribution in [0, 0.1) is 0 Å². The summed E-state index contributed by atoms with van der Waals surface area (Å²) in [5, 5.41) is 2.82. The van der Waals surface area contributed by atoms with E-state index in [2.05, 4.69) is 10.2 Å². The van der Waals surface area contributed by atoms with E-state index >= 15 is 0 Å². The first kappa shape index (κ1) is 25.2. The summed E-state index contributed by atoms with van der Waals surface area (Å²) in [5.41, 5.74) is 1.76. The number of amides is 1. The van der Waals surface area contributed by atoms with Gasteiger partial charge in [-0.05, 0) is 56.4 Å². The molecule has 2 aliphatic heterocycles. The quantitative estimate of drug-likeness (QED) is 0.559. The Morgan fingerprint density at radius 2 is 1.60 bits per heavy atom. The molecule has 188 valence electrons. The van der Waals surface area contributed by atoms with Crippen LogP contribution in [0.25, 0.3) is 0 Å². The van der Waals surface area contributed by atoms with Crippen LogP contribution in [0.1, 0.15) is 61.0 Å². The molecule has 0 aromatic heterocycles. The molecule has 0 spiro atoms. The minimum Gasteiger partial charge on any atom is -0.452 e. The number of rotatable bonds is 8. The largest absolute Gasteiger partial charge is 0.452 e. The van der Waals surface area contributed by atoms with Crippen molar-refractivity contribution in [1.82, 2.24) is 9.62 Å². The van der Waals surface area contributed by atoms with Crippen LogP contribution in [0.2, 0.25) is 0 Å². The molecule has 0 aliphatic carbocycles. The van der Waals surface area contributed by atoms with Crippen molar-refractivity contribution < 1.29 is 22.7 Å². The molecule has 35 heavy (non-hydrogen) atoms. The van der Waals surface area contributed by atoms with Crippen LogP contribution in [0.3, 0.4) is 0 Å². The molecule has 0 saturated carbocycles. The van der Waals surface area contributed by atoms with Crippen LogP contribution in [0.5, 0.6) is 0 Å². The summed E-state index contributed by atoms with van der Waals surface area (Å²) >= 11 is 0. The Labute approximate surface area is 207 Å². The third-order valence-corrected chi connectivity index (χ3v) is 8.49. The molecule has 2 aromatic carbocycles. The zero-order valence-electron chi connectivity index (χ0n) is 20.1. The molecule has 2 fully saturated rings. The summed E-state index contributed by atoms with van der Waals surface area (Å²) in [6.07, 6.45) is 4.68. The maximum atomic E-state index is 13.2. The normalized spacial score (nSPS) is 17.7. The van der Waals surface area contributed by atoms with Gasteiger partial charge in [-0.25, -0.2) is 13.2 Å². The van der Waals surface area contributed by atoms with E-state index in [1.807, 2.05) is 37.3 Å². The molecule has 1 amide bonds. The van der Waals surface area contributed by atoms with Gasteiger partial charge in [-0.15, -0.1) is 0 Å². The second-order valence-electron chi connectivity index (χ2n) is 9.11. The molecular weight excluding hydrogens is 466 g/mol. The Hall–Kier alpha value is -2.91. The number of ether oxygens (including phenoxy) is 1. The SMILES string of the molecule is CC(NC(=O)COC(=O)c1cc(S(=O)(=O)N2CCCCC2)ccc1N1CCCC1)c1ccccc1. The monoisotopic (exact) mass is 499 g/mol. The molecule has 2 aromatic rings. The van der Waals surface area contributed by atoms with E-state index < -0.39 is 28.5 Å². The van der Waals surface area contributed by atoms with Gasteiger partial charge in [0.25, 0.3) is 5.91 Å². The van der Waals surface area contributed by atoms with Crippen molar-refractivity contribution in [2.75, 3.05) is 37.7 Å². The van der Waals surface area contributed by atoms with Gasteiger partial charge in [0.1, 0.15) is 0 Å². The minimum absolute atomic E-state index is 0.0800. The zero-order valence-corrected chi connectivity index (χ0v) is 20.9. The standard InChI is InChI=1S/C26H33N3O5S/c1-20(21-10-4-2-5-11-21)27-25(30)19-34-26(31)23-18-22(12-13-24(23)28-14-8-9-15-28)35(32,33)29-16-6-3-7-17-29/h2,4-5,10-13,18,20H,3,6-9,14-17,19H2,1H3,(H,27,30). The molecule has 0 radical (unpaired) electrons. The number of carbonyl (C=O) groups excluding carboxylic acids is 2. The number of hydrogen-bond donors (Lipinski definition) is 1. The van der Waals surface area contributed by atoms with Gasteiger partial charge in [-0.2, -0.15) is 4.31 Å². The molecule has 0 bridgehead atoms. The summed E-state index contributed by atoms with van der Waals surface area (Å²) in [5.74, 6) is -1.13.